The Hall–Kier alpha value is -0.800. The zero-order chi connectivity index (χ0) is 10.8. The van der Waals surface area contributed by atoms with Gasteiger partial charge in [0.1, 0.15) is 0 Å². The van der Waals surface area contributed by atoms with Crippen molar-refractivity contribution in [2.75, 3.05) is 0 Å². The van der Waals surface area contributed by atoms with Crippen LogP contribution in [0, 0.1) is 3.83 Å². The number of nitrogens with two attached hydrogens (primary N) is 1. The minimum Gasteiger partial charge on any atom is -0.322 e. The predicted octanol–water partition coefficient (Wildman–Crippen LogP) is 1.10. The van der Waals surface area contributed by atoms with Gasteiger partial charge in [-0.05, 0) is 13.0 Å². The zero-order valence-corrected chi connectivity index (χ0v) is 11.4. The van der Waals surface area contributed by atoms with Crippen LogP contribution in [0.2, 0.25) is 0 Å². The molecule has 0 amide bonds. The van der Waals surface area contributed by atoms with Crippen LogP contribution in [-0.4, -0.2) is 24.7 Å². The molecule has 2 rings (SSSR count). The van der Waals surface area contributed by atoms with Crippen LogP contribution in [0.5, 0.6) is 0 Å². The fourth-order valence-electron chi connectivity index (χ4n) is 1.14. The molecule has 0 saturated heterocycles. The van der Waals surface area contributed by atoms with E-state index in [2.05, 4.69) is 20.1 Å². The van der Waals surface area contributed by atoms with Gasteiger partial charge in [-0.15, -0.1) is 17.5 Å². The van der Waals surface area contributed by atoms with Crippen molar-refractivity contribution in [2.45, 2.75) is 13.0 Å². The number of hydrogen-bond donors (Lipinski definition) is 1. The molecule has 2 aromatic rings. The minimum atomic E-state index is -0.204. The number of halogens is 2. The van der Waals surface area contributed by atoms with Crippen LogP contribution in [0.15, 0.2) is 18.5 Å². The highest BCUT2D eigenvalue weighted by Crippen LogP contribution is 2.11. The predicted molar refractivity (Wildman–Crippen MR) is 69.5 cm³/mol. The first-order valence-electron chi connectivity index (χ1n) is 4.34. The molecule has 2 heterocycles. The van der Waals surface area contributed by atoms with E-state index in [1.165, 1.54) is 0 Å². The van der Waals surface area contributed by atoms with E-state index in [0.29, 0.717) is 15.6 Å². The maximum Gasteiger partial charge on any atom is 0.252 e. The van der Waals surface area contributed by atoms with E-state index in [4.69, 9.17) is 5.73 Å². The largest absolute Gasteiger partial charge is 0.322 e. The molecule has 0 aromatic carbocycles. The third-order valence-corrected chi connectivity index (χ3v) is 2.21. The van der Waals surface area contributed by atoms with Gasteiger partial charge in [0, 0.05) is 35.0 Å². The second kappa shape index (κ2) is 5.51. The molecule has 2 N–H and O–H groups in total. The van der Waals surface area contributed by atoms with Crippen molar-refractivity contribution in [1.82, 2.24) is 24.7 Å². The second-order valence-corrected chi connectivity index (χ2v) is 3.95. The first kappa shape index (κ1) is 13.3. The van der Waals surface area contributed by atoms with Crippen LogP contribution in [-0.2, 0) is 0 Å². The topological polar surface area (TPSA) is 82.5 Å². The van der Waals surface area contributed by atoms with E-state index < -0.39 is 0 Å². The Morgan fingerprint density at radius 2 is 2.00 bits per heavy atom. The minimum absolute atomic E-state index is 0. The Labute approximate surface area is 112 Å². The summed E-state index contributed by atoms with van der Waals surface area (Å²) in [5.74, 6) is 1.14. The number of aromatic nitrogens is 5. The van der Waals surface area contributed by atoms with Gasteiger partial charge in [0.25, 0.3) is 5.95 Å². The summed E-state index contributed by atoms with van der Waals surface area (Å²) in [6.07, 6.45) is 3.31. The summed E-state index contributed by atoms with van der Waals surface area (Å²) in [6.45, 7) is 1.85. The lowest BCUT2D eigenvalue weighted by molar-refractivity contribution is 0.668. The van der Waals surface area contributed by atoms with Crippen molar-refractivity contribution in [3.05, 3.63) is 28.1 Å². The quantitative estimate of drug-likeness (QED) is 0.819. The van der Waals surface area contributed by atoms with Gasteiger partial charge in [-0.25, -0.2) is 15.0 Å². The van der Waals surface area contributed by atoms with Gasteiger partial charge in [0.15, 0.2) is 5.82 Å². The highest BCUT2D eigenvalue weighted by atomic mass is 127. The standard InChI is InChI=1S/C8H9IN6.ClH/c1-5(10)6-13-7(9)14-15(6)8-11-3-2-4-12-8;/h2-5H,10H2,1H3;1H/t5-;/m0./s1. The molecule has 0 bridgehead atoms. The van der Waals surface area contributed by atoms with E-state index >= 15 is 0 Å². The highest BCUT2D eigenvalue weighted by molar-refractivity contribution is 14.1. The normalized spacial score (nSPS) is 11.9. The lowest BCUT2D eigenvalue weighted by atomic mass is 10.3. The van der Waals surface area contributed by atoms with Gasteiger partial charge >= 0.3 is 0 Å². The van der Waals surface area contributed by atoms with E-state index in [1.54, 1.807) is 23.1 Å². The van der Waals surface area contributed by atoms with Crippen molar-refractivity contribution in [3.63, 3.8) is 0 Å². The molecule has 0 radical (unpaired) electrons. The first-order chi connectivity index (χ1) is 7.18. The third kappa shape index (κ3) is 2.66. The van der Waals surface area contributed by atoms with E-state index in [9.17, 15) is 0 Å². The molecule has 16 heavy (non-hydrogen) atoms. The Bertz CT molecular complexity index is 457. The highest BCUT2D eigenvalue weighted by Gasteiger charge is 2.14. The van der Waals surface area contributed by atoms with Crippen LogP contribution in [0.25, 0.3) is 5.95 Å². The maximum atomic E-state index is 5.78. The van der Waals surface area contributed by atoms with Crippen molar-refractivity contribution in [2.24, 2.45) is 5.73 Å². The van der Waals surface area contributed by atoms with Crippen molar-refractivity contribution < 1.29 is 0 Å². The Morgan fingerprint density at radius 3 is 2.56 bits per heavy atom. The van der Waals surface area contributed by atoms with Crippen LogP contribution >= 0.6 is 35.0 Å². The maximum absolute atomic E-state index is 5.78. The van der Waals surface area contributed by atoms with Gasteiger partial charge in [-0.1, -0.05) is 0 Å². The first-order valence-corrected chi connectivity index (χ1v) is 5.42. The Morgan fingerprint density at radius 1 is 1.38 bits per heavy atom. The third-order valence-electron chi connectivity index (χ3n) is 1.76. The molecular weight excluding hydrogens is 342 g/mol. The number of nitrogens with zero attached hydrogens (tertiary/aromatic N) is 5. The molecule has 2 aromatic heterocycles. The summed E-state index contributed by atoms with van der Waals surface area (Å²) in [4.78, 5) is 12.4. The molecule has 86 valence electrons. The lowest BCUT2D eigenvalue weighted by Crippen LogP contribution is -2.14. The molecular formula is C8H10ClIN6. The van der Waals surface area contributed by atoms with Crippen LogP contribution in [0.1, 0.15) is 18.8 Å². The summed E-state index contributed by atoms with van der Waals surface area (Å²) >= 11 is 2.03. The molecule has 0 saturated carbocycles. The summed E-state index contributed by atoms with van der Waals surface area (Å²) in [5.41, 5.74) is 5.78. The van der Waals surface area contributed by atoms with Gasteiger partial charge in [0.2, 0.25) is 3.83 Å². The van der Waals surface area contributed by atoms with Gasteiger partial charge in [0.05, 0.1) is 6.04 Å². The van der Waals surface area contributed by atoms with E-state index in [1.807, 2.05) is 29.5 Å². The molecule has 0 aliphatic heterocycles. The second-order valence-electron chi connectivity index (χ2n) is 2.99. The van der Waals surface area contributed by atoms with Crippen molar-refractivity contribution >= 4 is 35.0 Å². The molecule has 6 nitrogen and oxygen atoms in total. The molecule has 0 unspecified atom stereocenters. The van der Waals surface area contributed by atoms with E-state index in [-0.39, 0.29) is 18.4 Å². The smallest absolute Gasteiger partial charge is 0.252 e. The fraction of sp³-hybridized carbons (Fsp3) is 0.250. The van der Waals surface area contributed by atoms with Crippen LogP contribution in [0.4, 0.5) is 0 Å². The summed E-state index contributed by atoms with van der Waals surface area (Å²) in [5, 5.41) is 4.19. The summed E-state index contributed by atoms with van der Waals surface area (Å²) < 4.78 is 2.19. The number of hydrogen-bond acceptors (Lipinski definition) is 5. The zero-order valence-electron chi connectivity index (χ0n) is 8.41. The Balaban J connectivity index is 0.00000128. The van der Waals surface area contributed by atoms with Gasteiger partial charge in [-0.3, -0.25) is 0 Å². The number of rotatable bonds is 2. The van der Waals surface area contributed by atoms with Crippen LogP contribution < -0.4 is 5.73 Å². The van der Waals surface area contributed by atoms with Crippen LogP contribution in [0.3, 0.4) is 0 Å². The van der Waals surface area contributed by atoms with Gasteiger partial charge < -0.3 is 5.73 Å². The average molecular weight is 353 g/mol. The average Bonchev–Trinajstić information content (AvgIpc) is 2.62. The summed E-state index contributed by atoms with van der Waals surface area (Å²) in [7, 11) is 0. The fourth-order valence-corrected chi connectivity index (χ4v) is 1.60. The summed E-state index contributed by atoms with van der Waals surface area (Å²) in [6, 6.07) is 1.54. The molecule has 8 heteroatoms. The molecule has 0 spiro atoms. The molecule has 0 aliphatic carbocycles. The van der Waals surface area contributed by atoms with Crippen molar-refractivity contribution in [1.29, 1.82) is 0 Å². The van der Waals surface area contributed by atoms with Crippen molar-refractivity contribution in [3.8, 4) is 5.95 Å². The van der Waals surface area contributed by atoms with Gasteiger partial charge in [-0.2, -0.15) is 4.68 Å². The molecule has 0 aliphatic rings. The van der Waals surface area contributed by atoms with E-state index in [0.717, 1.165) is 0 Å². The molecule has 0 fully saturated rings. The lowest BCUT2D eigenvalue weighted by Gasteiger charge is -2.05. The SMILES string of the molecule is C[C@H](N)c1nc(I)nn1-c1ncccn1.Cl. The monoisotopic (exact) mass is 352 g/mol. The Kier molecular flexibility index (Phi) is 4.56. The molecule has 1 atom stereocenters.